The van der Waals surface area contributed by atoms with Gasteiger partial charge in [0.25, 0.3) is 0 Å². The number of methoxy groups -OCH3 is 1. The van der Waals surface area contributed by atoms with Crippen LogP contribution in [0.15, 0.2) is 42.5 Å². The molecule has 140 valence electrons. The number of nitrogens with zero attached hydrogens (tertiary/aromatic N) is 2. The zero-order valence-electron chi connectivity index (χ0n) is 15.4. The van der Waals surface area contributed by atoms with E-state index in [1.54, 1.807) is 63.2 Å². The summed E-state index contributed by atoms with van der Waals surface area (Å²) in [6.07, 6.45) is -0.591. The van der Waals surface area contributed by atoms with Gasteiger partial charge >= 0.3 is 12.1 Å². The lowest BCUT2D eigenvalue weighted by molar-refractivity contribution is 0.0522. The van der Waals surface area contributed by atoms with Crippen LogP contribution in [-0.4, -0.2) is 34.6 Å². The molecule has 0 aliphatic carbocycles. The van der Waals surface area contributed by atoms with Crippen molar-refractivity contribution in [3.8, 4) is 11.3 Å². The fraction of sp³-hybridized carbons (Fsp3) is 0.250. The minimum Gasteiger partial charge on any atom is -0.465 e. The number of aromatic nitrogens is 2. The van der Waals surface area contributed by atoms with Crippen LogP contribution in [0.5, 0.6) is 0 Å². The van der Waals surface area contributed by atoms with Gasteiger partial charge in [-0.15, -0.1) is 0 Å². The highest BCUT2D eigenvalue weighted by Gasteiger charge is 2.23. The predicted molar refractivity (Wildman–Crippen MR) is 103 cm³/mol. The fourth-order valence-electron chi connectivity index (χ4n) is 2.63. The van der Waals surface area contributed by atoms with E-state index in [4.69, 9.17) is 21.1 Å². The van der Waals surface area contributed by atoms with Crippen molar-refractivity contribution in [2.75, 3.05) is 7.11 Å². The summed E-state index contributed by atoms with van der Waals surface area (Å²) in [5, 5.41) is 5.68. The van der Waals surface area contributed by atoms with Gasteiger partial charge in [-0.1, -0.05) is 23.7 Å². The quantitative estimate of drug-likeness (QED) is 0.584. The van der Waals surface area contributed by atoms with Crippen LogP contribution in [0.3, 0.4) is 0 Å². The van der Waals surface area contributed by atoms with Crippen molar-refractivity contribution in [1.29, 1.82) is 0 Å². The molecule has 0 aliphatic heterocycles. The summed E-state index contributed by atoms with van der Waals surface area (Å²) < 4.78 is 11.4. The number of carbonyl (C=O) groups excluding carboxylic acids is 2. The van der Waals surface area contributed by atoms with Crippen LogP contribution >= 0.6 is 11.6 Å². The van der Waals surface area contributed by atoms with Crippen molar-refractivity contribution >= 4 is 34.6 Å². The van der Waals surface area contributed by atoms with Gasteiger partial charge in [-0.2, -0.15) is 9.78 Å². The molecule has 27 heavy (non-hydrogen) atoms. The van der Waals surface area contributed by atoms with Crippen LogP contribution in [0.2, 0.25) is 5.02 Å². The summed E-state index contributed by atoms with van der Waals surface area (Å²) >= 11 is 6.11. The first kappa shape index (κ1) is 18.9. The molecule has 0 aliphatic rings. The van der Waals surface area contributed by atoms with Gasteiger partial charge in [0.05, 0.1) is 18.2 Å². The minimum absolute atomic E-state index is 0.419. The smallest absolute Gasteiger partial charge is 0.435 e. The number of rotatable bonds is 2. The molecule has 1 heterocycles. The number of hydrogen-bond donors (Lipinski definition) is 0. The van der Waals surface area contributed by atoms with Crippen LogP contribution in [0.4, 0.5) is 4.79 Å². The van der Waals surface area contributed by atoms with E-state index < -0.39 is 17.7 Å². The van der Waals surface area contributed by atoms with Crippen molar-refractivity contribution in [2.45, 2.75) is 26.4 Å². The largest absolute Gasteiger partial charge is 0.465 e. The molecule has 7 heteroatoms. The van der Waals surface area contributed by atoms with Crippen LogP contribution in [-0.2, 0) is 9.47 Å². The summed E-state index contributed by atoms with van der Waals surface area (Å²) in [6.45, 7) is 5.36. The van der Waals surface area contributed by atoms with E-state index >= 15 is 0 Å². The molecule has 0 bridgehead atoms. The van der Waals surface area contributed by atoms with E-state index in [1.807, 2.05) is 0 Å². The van der Waals surface area contributed by atoms with Gasteiger partial charge in [0, 0.05) is 16.0 Å². The van der Waals surface area contributed by atoms with Crippen molar-refractivity contribution < 1.29 is 19.1 Å². The number of hydrogen-bond acceptors (Lipinski definition) is 5. The zero-order valence-corrected chi connectivity index (χ0v) is 16.2. The molecule has 0 amide bonds. The molecule has 0 fully saturated rings. The van der Waals surface area contributed by atoms with E-state index in [0.29, 0.717) is 21.8 Å². The minimum atomic E-state index is -0.656. The van der Waals surface area contributed by atoms with Gasteiger partial charge < -0.3 is 9.47 Å². The normalized spacial score (nSPS) is 11.4. The molecule has 0 saturated carbocycles. The summed E-state index contributed by atoms with van der Waals surface area (Å²) in [6, 6.07) is 12.0. The first-order chi connectivity index (χ1) is 12.7. The monoisotopic (exact) mass is 386 g/mol. The Morgan fingerprint density at radius 3 is 2.33 bits per heavy atom. The third kappa shape index (κ3) is 3.95. The first-order valence-corrected chi connectivity index (χ1v) is 8.68. The van der Waals surface area contributed by atoms with E-state index in [9.17, 15) is 9.59 Å². The van der Waals surface area contributed by atoms with Gasteiger partial charge in [0.1, 0.15) is 11.3 Å². The lowest BCUT2D eigenvalue weighted by Crippen LogP contribution is -2.27. The Labute approximate surface area is 161 Å². The number of carbonyl (C=O) groups is 2. The standard InChI is InChI=1S/C20H19ClN2O4/c1-20(2,3)27-19(25)23-16-11-14(21)9-10-15(16)17(22-23)12-5-7-13(8-6-12)18(24)26-4/h5-11H,1-4H3. The van der Waals surface area contributed by atoms with Crippen LogP contribution in [0.1, 0.15) is 31.1 Å². The second-order valence-corrected chi connectivity index (χ2v) is 7.41. The average molecular weight is 387 g/mol. The maximum atomic E-state index is 12.6. The van der Waals surface area contributed by atoms with Crippen molar-refractivity contribution in [3.63, 3.8) is 0 Å². The van der Waals surface area contributed by atoms with E-state index in [0.717, 1.165) is 10.9 Å². The lowest BCUT2D eigenvalue weighted by atomic mass is 10.1. The topological polar surface area (TPSA) is 70.4 Å². The zero-order chi connectivity index (χ0) is 19.8. The SMILES string of the molecule is COC(=O)c1ccc(-c2nn(C(=O)OC(C)(C)C)c3cc(Cl)ccc23)cc1. The van der Waals surface area contributed by atoms with Crippen LogP contribution in [0, 0.1) is 0 Å². The maximum absolute atomic E-state index is 12.6. The molecule has 0 unspecified atom stereocenters. The van der Waals surface area contributed by atoms with Crippen LogP contribution in [0.25, 0.3) is 22.2 Å². The van der Waals surface area contributed by atoms with Crippen molar-refractivity contribution in [2.24, 2.45) is 0 Å². The second-order valence-electron chi connectivity index (χ2n) is 6.97. The van der Waals surface area contributed by atoms with Crippen LogP contribution < -0.4 is 0 Å². The third-order valence-electron chi connectivity index (χ3n) is 3.79. The molecule has 0 spiro atoms. The second kappa shape index (κ2) is 7.04. The number of halogens is 1. The molecule has 0 saturated heterocycles. The Balaban J connectivity index is 2.11. The highest BCUT2D eigenvalue weighted by atomic mass is 35.5. The summed E-state index contributed by atoms with van der Waals surface area (Å²) in [5.41, 5.74) is 1.65. The van der Waals surface area contributed by atoms with Gasteiger partial charge in [-0.05, 0) is 51.1 Å². The van der Waals surface area contributed by atoms with Gasteiger partial charge in [-0.25, -0.2) is 9.59 Å². The molecule has 0 N–H and O–H groups in total. The van der Waals surface area contributed by atoms with E-state index in [2.05, 4.69) is 5.10 Å². The third-order valence-corrected chi connectivity index (χ3v) is 4.02. The van der Waals surface area contributed by atoms with Gasteiger partial charge in [0.2, 0.25) is 0 Å². The predicted octanol–water partition coefficient (Wildman–Crippen LogP) is 4.93. The molecular weight excluding hydrogens is 368 g/mol. The number of esters is 1. The number of benzene rings is 2. The molecule has 6 nitrogen and oxygen atoms in total. The molecule has 3 rings (SSSR count). The highest BCUT2D eigenvalue weighted by Crippen LogP contribution is 2.30. The lowest BCUT2D eigenvalue weighted by Gasteiger charge is -2.19. The summed E-state index contributed by atoms with van der Waals surface area (Å²) in [7, 11) is 1.33. The van der Waals surface area contributed by atoms with Gasteiger partial charge in [0.15, 0.2) is 0 Å². The average Bonchev–Trinajstić information content (AvgIpc) is 2.98. The summed E-state index contributed by atoms with van der Waals surface area (Å²) in [4.78, 5) is 24.2. The van der Waals surface area contributed by atoms with E-state index in [1.165, 1.54) is 11.8 Å². The Bertz CT molecular complexity index is 1020. The Hall–Kier alpha value is -2.86. The molecule has 2 aromatic carbocycles. The fourth-order valence-corrected chi connectivity index (χ4v) is 2.79. The van der Waals surface area contributed by atoms with E-state index in [-0.39, 0.29) is 0 Å². The van der Waals surface area contributed by atoms with Gasteiger partial charge in [-0.3, -0.25) is 0 Å². The summed E-state index contributed by atoms with van der Waals surface area (Å²) in [5.74, 6) is -0.419. The number of fused-ring (bicyclic) bond motifs is 1. The molecular formula is C20H19ClN2O4. The maximum Gasteiger partial charge on any atom is 0.435 e. The molecule has 0 atom stereocenters. The molecule has 3 aromatic rings. The van der Waals surface area contributed by atoms with Crippen molar-refractivity contribution in [1.82, 2.24) is 9.78 Å². The Kier molecular flexibility index (Phi) is 4.93. The molecule has 1 aromatic heterocycles. The molecule has 0 radical (unpaired) electrons. The number of ether oxygens (including phenoxy) is 2. The first-order valence-electron chi connectivity index (χ1n) is 8.30. The van der Waals surface area contributed by atoms with Crippen molar-refractivity contribution in [3.05, 3.63) is 53.1 Å². The highest BCUT2D eigenvalue weighted by molar-refractivity contribution is 6.31. The Morgan fingerprint density at radius 2 is 1.74 bits per heavy atom. The Morgan fingerprint density at radius 1 is 1.07 bits per heavy atom.